The monoisotopic (exact) mass is 334 g/mol. The van der Waals surface area contributed by atoms with E-state index in [1.54, 1.807) is 20.8 Å². The zero-order valence-electron chi connectivity index (χ0n) is 14.0. The molecule has 2 aromatic rings. The molecule has 130 valence electrons. The first-order chi connectivity index (χ1) is 11.6. The van der Waals surface area contributed by atoms with E-state index in [2.05, 4.69) is 4.89 Å². The summed E-state index contributed by atoms with van der Waals surface area (Å²) in [4.78, 5) is 16.4. The summed E-state index contributed by atoms with van der Waals surface area (Å²) in [5.41, 5.74) is 1.31. The minimum Gasteiger partial charge on any atom is -0.462 e. The first-order valence-corrected chi connectivity index (χ1v) is 7.80. The van der Waals surface area contributed by atoms with Crippen LogP contribution in [0, 0.1) is 6.92 Å². The van der Waals surface area contributed by atoms with Gasteiger partial charge >= 0.3 is 5.97 Å². The van der Waals surface area contributed by atoms with Crippen LogP contribution in [0.15, 0.2) is 40.8 Å². The molecule has 1 aromatic carbocycles. The molecule has 0 bridgehead atoms. The van der Waals surface area contributed by atoms with Crippen LogP contribution in [-0.2, 0) is 21.0 Å². The lowest BCUT2D eigenvalue weighted by molar-refractivity contribution is -0.307. The third kappa shape index (κ3) is 4.44. The fourth-order valence-corrected chi connectivity index (χ4v) is 2.32. The van der Waals surface area contributed by atoms with Crippen molar-refractivity contribution in [3.05, 3.63) is 59.0 Å². The number of furan rings is 1. The Morgan fingerprint density at radius 3 is 2.62 bits per heavy atom. The molecule has 0 fully saturated rings. The molecule has 0 amide bonds. The molecular formula is C18H22O6. The highest BCUT2D eigenvalue weighted by atomic mass is 17.1. The van der Waals surface area contributed by atoms with Crippen LogP contribution in [0.5, 0.6) is 0 Å². The number of esters is 1. The van der Waals surface area contributed by atoms with E-state index in [0.29, 0.717) is 23.7 Å². The minimum atomic E-state index is -0.851. The number of carbonyl (C=O) groups is 1. The second kappa shape index (κ2) is 8.63. The molecule has 2 atom stereocenters. The van der Waals surface area contributed by atoms with E-state index in [4.69, 9.17) is 13.9 Å². The van der Waals surface area contributed by atoms with E-state index in [1.165, 1.54) is 6.07 Å². The summed E-state index contributed by atoms with van der Waals surface area (Å²) in [5, 5.41) is 9.23. The van der Waals surface area contributed by atoms with E-state index >= 15 is 0 Å². The van der Waals surface area contributed by atoms with Gasteiger partial charge in [-0.3, -0.25) is 5.26 Å². The molecule has 0 radical (unpaired) electrons. The first-order valence-electron chi connectivity index (χ1n) is 7.80. The number of benzene rings is 1. The molecule has 6 nitrogen and oxygen atoms in total. The normalized spacial score (nSPS) is 13.5. The van der Waals surface area contributed by atoms with Gasteiger partial charge in [0.15, 0.2) is 6.10 Å². The largest absolute Gasteiger partial charge is 0.462 e. The highest BCUT2D eigenvalue weighted by Crippen LogP contribution is 2.28. The van der Waals surface area contributed by atoms with Crippen LogP contribution >= 0.6 is 0 Å². The van der Waals surface area contributed by atoms with Crippen molar-refractivity contribution in [3.8, 4) is 0 Å². The fraction of sp³-hybridized carbons (Fsp3) is 0.389. The van der Waals surface area contributed by atoms with Gasteiger partial charge in [0.05, 0.1) is 19.3 Å². The summed E-state index contributed by atoms with van der Waals surface area (Å²) < 4.78 is 16.2. The number of carbonyl (C=O) groups excluding carboxylic acids is 1. The summed E-state index contributed by atoms with van der Waals surface area (Å²) >= 11 is 0. The molecule has 0 aliphatic carbocycles. The van der Waals surface area contributed by atoms with Crippen LogP contribution in [0.2, 0.25) is 0 Å². The number of ether oxygens (including phenoxy) is 2. The van der Waals surface area contributed by atoms with Crippen LogP contribution < -0.4 is 0 Å². The molecular weight excluding hydrogens is 312 g/mol. The zero-order chi connectivity index (χ0) is 17.5. The van der Waals surface area contributed by atoms with Gasteiger partial charge in [0, 0.05) is 0 Å². The highest BCUT2D eigenvalue weighted by Gasteiger charge is 2.28. The van der Waals surface area contributed by atoms with Crippen molar-refractivity contribution in [2.45, 2.75) is 39.6 Å². The van der Waals surface area contributed by atoms with Crippen molar-refractivity contribution in [1.29, 1.82) is 0 Å². The van der Waals surface area contributed by atoms with Gasteiger partial charge in [0.25, 0.3) is 0 Å². The van der Waals surface area contributed by atoms with Gasteiger partial charge in [-0.2, -0.15) is 0 Å². The van der Waals surface area contributed by atoms with Crippen LogP contribution in [-0.4, -0.2) is 23.9 Å². The SMILES string of the molecule is CCOC(=O)c1cc([C@@H](OO)[C@H](C)OCc2ccccc2)oc1C. The molecule has 0 saturated heterocycles. The van der Waals surface area contributed by atoms with E-state index in [9.17, 15) is 10.1 Å². The Labute approximate surface area is 140 Å². The predicted octanol–water partition coefficient (Wildman–Crippen LogP) is 3.90. The highest BCUT2D eigenvalue weighted by molar-refractivity contribution is 5.90. The third-order valence-electron chi connectivity index (χ3n) is 3.61. The average Bonchev–Trinajstić information content (AvgIpc) is 2.96. The van der Waals surface area contributed by atoms with Gasteiger partial charge in [0.1, 0.15) is 17.1 Å². The quantitative estimate of drug-likeness (QED) is 0.448. The molecule has 0 aliphatic rings. The van der Waals surface area contributed by atoms with E-state index in [1.807, 2.05) is 30.3 Å². The molecule has 0 aliphatic heterocycles. The molecule has 0 unspecified atom stereocenters. The second-order valence-corrected chi connectivity index (χ2v) is 5.37. The summed E-state index contributed by atoms with van der Waals surface area (Å²) in [6.07, 6.45) is -1.34. The summed E-state index contributed by atoms with van der Waals surface area (Å²) in [6.45, 7) is 5.78. The van der Waals surface area contributed by atoms with Gasteiger partial charge in [-0.05, 0) is 32.4 Å². The molecule has 1 heterocycles. The Kier molecular flexibility index (Phi) is 6.54. The molecule has 1 aromatic heterocycles. The van der Waals surface area contributed by atoms with Crippen LogP contribution in [0.25, 0.3) is 0 Å². The molecule has 2 rings (SSSR count). The Hall–Kier alpha value is -2.15. The lowest BCUT2D eigenvalue weighted by Crippen LogP contribution is -2.20. The summed E-state index contributed by atoms with van der Waals surface area (Å²) in [6, 6.07) is 11.2. The maximum atomic E-state index is 11.9. The summed E-state index contributed by atoms with van der Waals surface area (Å²) in [7, 11) is 0. The molecule has 6 heteroatoms. The Bertz CT molecular complexity index is 649. The van der Waals surface area contributed by atoms with E-state index < -0.39 is 18.2 Å². The zero-order valence-corrected chi connectivity index (χ0v) is 14.0. The Balaban J connectivity index is 2.07. The van der Waals surface area contributed by atoms with Crippen molar-refractivity contribution in [2.75, 3.05) is 6.61 Å². The van der Waals surface area contributed by atoms with Crippen molar-refractivity contribution < 1.29 is 28.8 Å². The topological polar surface area (TPSA) is 78.1 Å². The van der Waals surface area contributed by atoms with Crippen molar-refractivity contribution in [2.24, 2.45) is 0 Å². The average molecular weight is 334 g/mol. The lowest BCUT2D eigenvalue weighted by Gasteiger charge is -2.19. The summed E-state index contributed by atoms with van der Waals surface area (Å²) in [5.74, 6) is 0.235. The molecule has 0 spiro atoms. The van der Waals surface area contributed by atoms with Crippen molar-refractivity contribution in [1.82, 2.24) is 0 Å². The minimum absolute atomic E-state index is 0.273. The van der Waals surface area contributed by atoms with Gasteiger partial charge < -0.3 is 13.9 Å². The van der Waals surface area contributed by atoms with Gasteiger partial charge in [0.2, 0.25) is 0 Å². The Morgan fingerprint density at radius 2 is 2.00 bits per heavy atom. The van der Waals surface area contributed by atoms with Gasteiger partial charge in [-0.15, -0.1) is 0 Å². The lowest BCUT2D eigenvalue weighted by atomic mass is 10.1. The van der Waals surface area contributed by atoms with Crippen LogP contribution in [0.4, 0.5) is 0 Å². The van der Waals surface area contributed by atoms with E-state index in [-0.39, 0.29) is 6.61 Å². The number of hydrogen-bond donors (Lipinski definition) is 1. The number of aryl methyl sites for hydroxylation is 1. The van der Waals surface area contributed by atoms with E-state index in [0.717, 1.165) is 5.56 Å². The van der Waals surface area contributed by atoms with Crippen LogP contribution in [0.3, 0.4) is 0 Å². The maximum Gasteiger partial charge on any atom is 0.341 e. The second-order valence-electron chi connectivity index (χ2n) is 5.37. The smallest absolute Gasteiger partial charge is 0.341 e. The number of hydrogen-bond acceptors (Lipinski definition) is 6. The Morgan fingerprint density at radius 1 is 1.29 bits per heavy atom. The molecule has 24 heavy (non-hydrogen) atoms. The predicted molar refractivity (Wildman–Crippen MR) is 86.5 cm³/mol. The van der Waals surface area contributed by atoms with Gasteiger partial charge in [-0.25, -0.2) is 9.68 Å². The van der Waals surface area contributed by atoms with Crippen molar-refractivity contribution in [3.63, 3.8) is 0 Å². The molecule has 0 saturated carbocycles. The third-order valence-corrected chi connectivity index (χ3v) is 3.61. The van der Waals surface area contributed by atoms with Crippen LogP contribution in [0.1, 0.15) is 47.4 Å². The fourth-order valence-electron chi connectivity index (χ4n) is 2.32. The molecule has 1 N–H and O–H groups in total. The number of rotatable bonds is 8. The first kappa shape index (κ1) is 18.2. The van der Waals surface area contributed by atoms with Crippen molar-refractivity contribution >= 4 is 5.97 Å². The maximum absolute atomic E-state index is 11.9. The standard InChI is InChI=1S/C18H22O6/c1-4-21-18(19)15-10-16(23-12(15)2)17(24-20)13(3)22-11-14-8-6-5-7-9-14/h5-10,13,17,20H,4,11H2,1-3H3/t13-,17-/m0/s1. The van der Waals surface area contributed by atoms with Gasteiger partial charge in [-0.1, -0.05) is 30.3 Å².